The fourth-order valence-electron chi connectivity index (χ4n) is 2.34. The Balaban J connectivity index is 0.000000646. The predicted octanol–water partition coefficient (Wildman–Crippen LogP) is 3.32. The van der Waals surface area contributed by atoms with E-state index in [1.807, 2.05) is 54.6 Å². The van der Waals surface area contributed by atoms with Crippen molar-refractivity contribution in [2.24, 2.45) is 0 Å². The minimum Gasteiger partial charge on any atom is -0.418 e. The first-order valence-corrected chi connectivity index (χ1v) is 9.90. The number of halogens is 4. The molecule has 3 nitrogen and oxygen atoms in total. The van der Waals surface area contributed by atoms with Crippen molar-refractivity contribution in [3.63, 3.8) is 0 Å². The molecule has 0 saturated carbocycles. The van der Waals surface area contributed by atoms with Crippen LogP contribution >= 0.6 is 0 Å². The number of aliphatic hydroxyl groups is 2. The highest BCUT2D eigenvalue weighted by Crippen LogP contribution is 2.18. The van der Waals surface area contributed by atoms with Gasteiger partial charge < -0.3 is 27.5 Å². The van der Waals surface area contributed by atoms with Crippen LogP contribution in [-0.2, 0) is 16.6 Å². The number of hydrogen-bond donors (Lipinski definition) is 2. The molecule has 27 heavy (non-hydrogen) atoms. The van der Waals surface area contributed by atoms with Crippen molar-refractivity contribution in [1.82, 2.24) is 0 Å². The minimum absolute atomic E-state index is 0.0211. The molecule has 0 aliphatic rings. The van der Waals surface area contributed by atoms with Gasteiger partial charge in [0.05, 0.1) is 13.2 Å². The van der Waals surface area contributed by atoms with Crippen molar-refractivity contribution in [3.05, 3.63) is 71.3 Å². The Labute approximate surface area is 158 Å². The Morgan fingerprint density at radius 1 is 0.852 bits per heavy atom. The molecule has 148 valence electrons. The van der Waals surface area contributed by atoms with Crippen molar-refractivity contribution in [1.29, 1.82) is 0 Å². The highest BCUT2D eigenvalue weighted by atomic mass is 32.2. The van der Waals surface area contributed by atoms with Crippen LogP contribution in [0.5, 0.6) is 0 Å². The fraction of sp³-hybridized carbons (Fsp3) is 0.278. The predicted molar refractivity (Wildman–Crippen MR) is 101 cm³/mol. The quantitative estimate of drug-likeness (QED) is 0.307. The average Bonchev–Trinajstić information content (AvgIpc) is 2.61. The molecule has 0 spiro atoms. The molecule has 0 fully saturated rings. The lowest BCUT2D eigenvalue weighted by atomic mass is 9.99. The molecule has 2 aromatic carbocycles. The van der Waals surface area contributed by atoms with Crippen LogP contribution in [0.4, 0.5) is 17.3 Å². The van der Waals surface area contributed by atoms with E-state index in [2.05, 4.69) is 0 Å². The Morgan fingerprint density at radius 2 is 1.33 bits per heavy atom. The summed E-state index contributed by atoms with van der Waals surface area (Å²) < 4.78 is 39.0. The van der Waals surface area contributed by atoms with E-state index in [-0.39, 0.29) is 29.9 Å². The van der Waals surface area contributed by atoms with E-state index in [1.165, 1.54) is 0 Å². The molecule has 2 rings (SSSR count). The van der Waals surface area contributed by atoms with E-state index in [1.54, 1.807) is 0 Å². The van der Waals surface area contributed by atoms with Crippen molar-refractivity contribution in [2.45, 2.75) is 5.75 Å². The van der Waals surface area contributed by atoms with E-state index in [0.29, 0.717) is 22.6 Å². The third-order valence-electron chi connectivity index (χ3n) is 3.42. The van der Waals surface area contributed by atoms with Gasteiger partial charge in [0.1, 0.15) is 17.3 Å². The van der Waals surface area contributed by atoms with Crippen LogP contribution in [0, 0.1) is 0 Å². The summed E-state index contributed by atoms with van der Waals surface area (Å²) in [4.78, 5) is 12.7. The molecule has 0 aromatic heterocycles. The zero-order valence-corrected chi connectivity index (χ0v) is 15.3. The Morgan fingerprint density at radius 3 is 1.85 bits per heavy atom. The molecule has 2 N–H and O–H groups in total. The lowest BCUT2D eigenvalue weighted by Gasteiger charge is -2.10. The summed E-state index contributed by atoms with van der Waals surface area (Å²) in [6, 6.07) is 16.9. The minimum atomic E-state index is -6.00. The zero-order valence-electron chi connectivity index (χ0n) is 14.5. The summed E-state index contributed by atoms with van der Waals surface area (Å²) in [6.45, 7) is 0.218. The number of hydrogen-bond acceptors (Lipinski definition) is 3. The second kappa shape index (κ2) is 11.8. The van der Waals surface area contributed by atoms with E-state index in [9.17, 15) is 22.1 Å². The van der Waals surface area contributed by atoms with Gasteiger partial charge in [-0.3, -0.25) is 4.79 Å². The number of carbonyl (C=O) groups is 1. The first kappa shape index (κ1) is 23.2. The Hall–Kier alpha value is -1.84. The second-order valence-corrected chi connectivity index (χ2v) is 7.79. The van der Waals surface area contributed by atoms with Gasteiger partial charge >= 0.3 is 7.25 Å². The monoisotopic (exact) mass is 404 g/mol. The Kier molecular flexibility index (Phi) is 10.1. The van der Waals surface area contributed by atoms with Gasteiger partial charge in [0.15, 0.2) is 5.78 Å². The summed E-state index contributed by atoms with van der Waals surface area (Å²) >= 11 is 0. The molecule has 0 aliphatic carbocycles. The molecule has 2 aromatic rings. The molecule has 0 bridgehead atoms. The molecule has 0 aliphatic heterocycles. The maximum Gasteiger partial charge on any atom is 0.673 e. The van der Waals surface area contributed by atoms with Gasteiger partial charge in [-0.1, -0.05) is 54.6 Å². The van der Waals surface area contributed by atoms with Crippen LogP contribution in [0.25, 0.3) is 0 Å². The van der Waals surface area contributed by atoms with Gasteiger partial charge in [-0.25, -0.2) is 0 Å². The third-order valence-corrected chi connectivity index (χ3v) is 5.66. The smallest absolute Gasteiger partial charge is 0.418 e. The maximum absolute atomic E-state index is 12.7. The highest BCUT2D eigenvalue weighted by Gasteiger charge is 2.22. The number of ketones is 1. The molecule has 0 atom stereocenters. The molecular formula is C18H21BF4O3S. The van der Waals surface area contributed by atoms with Crippen LogP contribution < -0.4 is 0 Å². The van der Waals surface area contributed by atoms with E-state index in [4.69, 9.17) is 10.2 Å². The Bertz CT molecular complexity index is 687. The van der Waals surface area contributed by atoms with E-state index < -0.39 is 7.25 Å². The highest BCUT2D eigenvalue weighted by molar-refractivity contribution is 7.96. The van der Waals surface area contributed by atoms with Crippen LogP contribution in [0.2, 0.25) is 0 Å². The van der Waals surface area contributed by atoms with Crippen LogP contribution in [0.1, 0.15) is 21.5 Å². The second-order valence-electron chi connectivity index (χ2n) is 5.46. The van der Waals surface area contributed by atoms with E-state index in [0.717, 1.165) is 11.3 Å². The summed E-state index contributed by atoms with van der Waals surface area (Å²) in [5.74, 6) is 2.06. The molecule has 0 amide bonds. The largest absolute Gasteiger partial charge is 0.673 e. The van der Waals surface area contributed by atoms with Crippen molar-refractivity contribution in [2.75, 3.05) is 24.7 Å². The van der Waals surface area contributed by atoms with Crippen molar-refractivity contribution >= 4 is 23.9 Å². The summed E-state index contributed by atoms with van der Waals surface area (Å²) in [5.41, 5.74) is 2.38. The van der Waals surface area contributed by atoms with Gasteiger partial charge in [-0.05, 0) is 10.9 Å². The molecule has 0 radical (unpaired) electrons. The van der Waals surface area contributed by atoms with Crippen LogP contribution in [0.3, 0.4) is 0 Å². The zero-order chi connectivity index (χ0) is 20.3. The van der Waals surface area contributed by atoms with E-state index >= 15 is 0 Å². The fourth-order valence-corrected chi connectivity index (χ4v) is 4.04. The maximum atomic E-state index is 12.7. The van der Waals surface area contributed by atoms with Gasteiger partial charge in [0.2, 0.25) is 0 Å². The molecule has 9 heteroatoms. The van der Waals surface area contributed by atoms with Gasteiger partial charge in [-0.15, -0.1) is 0 Å². The number of rotatable bonds is 8. The van der Waals surface area contributed by atoms with Crippen molar-refractivity contribution < 1.29 is 32.3 Å². The molecule has 0 unspecified atom stereocenters. The third kappa shape index (κ3) is 9.60. The SMILES string of the molecule is F[B-](F)(F)F.O=C(c1ccccc1)c1ccccc1C[S+](CCO)CCO. The lowest BCUT2D eigenvalue weighted by molar-refractivity contribution is 0.103. The first-order valence-electron chi connectivity index (χ1n) is 8.17. The van der Waals surface area contributed by atoms with Crippen LogP contribution in [0.15, 0.2) is 54.6 Å². The lowest BCUT2D eigenvalue weighted by Crippen LogP contribution is -2.20. The first-order chi connectivity index (χ1) is 12.8. The number of aliphatic hydroxyl groups excluding tert-OH is 2. The van der Waals surface area contributed by atoms with Crippen molar-refractivity contribution in [3.8, 4) is 0 Å². The number of carbonyl (C=O) groups excluding carboxylic acids is 1. The normalized spacial score (nSPS) is 11.1. The van der Waals surface area contributed by atoms with Crippen LogP contribution in [-0.4, -0.2) is 48.0 Å². The topological polar surface area (TPSA) is 57.5 Å². The standard InChI is InChI=1S/C18H21O3S.BF4/c19-10-12-22(13-11-20)14-16-8-4-5-9-17(16)18(21)15-6-2-1-3-7-15;2-1(3,4)5/h1-9,19-20H,10-14H2;/q+1;-1. The number of benzene rings is 2. The molecule has 0 saturated heterocycles. The van der Waals surface area contributed by atoms with Gasteiger partial charge in [0, 0.05) is 16.7 Å². The summed E-state index contributed by atoms with van der Waals surface area (Å²) in [5, 5.41) is 18.3. The summed E-state index contributed by atoms with van der Waals surface area (Å²) in [7, 11) is -6.11. The van der Waals surface area contributed by atoms with Gasteiger partial charge in [-0.2, -0.15) is 0 Å². The average molecular weight is 404 g/mol. The van der Waals surface area contributed by atoms with Gasteiger partial charge in [0.25, 0.3) is 0 Å². The molecular weight excluding hydrogens is 383 g/mol. The molecule has 0 heterocycles. The summed E-state index contributed by atoms with van der Waals surface area (Å²) in [6.07, 6.45) is 0.